The lowest BCUT2D eigenvalue weighted by Gasteiger charge is -2.15. The Kier molecular flexibility index (Phi) is 3.04. The van der Waals surface area contributed by atoms with E-state index in [-0.39, 0.29) is 0 Å². The summed E-state index contributed by atoms with van der Waals surface area (Å²) in [5, 5.41) is 0.568. The van der Waals surface area contributed by atoms with E-state index >= 15 is 0 Å². The molecule has 76 valence electrons. The van der Waals surface area contributed by atoms with Crippen LogP contribution >= 0.6 is 11.6 Å². The fraction of sp³-hybridized carbons (Fsp3) is 0.545. The molecule has 0 unspecified atom stereocenters. The number of nitrogens with zero attached hydrogens (tertiary/aromatic N) is 2. The van der Waals surface area contributed by atoms with Crippen molar-refractivity contribution in [2.24, 2.45) is 5.92 Å². The molecule has 0 atom stereocenters. The molecular formula is C11H15ClN2. The SMILES string of the molecule is CN(Cc1ccc(Cl)nc1)CC1CC1. The van der Waals surface area contributed by atoms with Gasteiger partial charge in [-0.15, -0.1) is 0 Å². The van der Waals surface area contributed by atoms with Gasteiger partial charge in [0.25, 0.3) is 0 Å². The van der Waals surface area contributed by atoms with Gasteiger partial charge in [0, 0.05) is 19.3 Å². The van der Waals surface area contributed by atoms with Crippen LogP contribution in [0.4, 0.5) is 0 Å². The molecule has 0 amide bonds. The first-order chi connectivity index (χ1) is 6.74. The first kappa shape index (κ1) is 9.94. The largest absolute Gasteiger partial charge is 0.302 e. The maximum absolute atomic E-state index is 5.72. The van der Waals surface area contributed by atoms with Crippen molar-refractivity contribution in [3.63, 3.8) is 0 Å². The van der Waals surface area contributed by atoms with Crippen molar-refractivity contribution in [2.45, 2.75) is 19.4 Å². The summed E-state index contributed by atoms with van der Waals surface area (Å²) < 4.78 is 0. The third kappa shape index (κ3) is 2.96. The van der Waals surface area contributed by atoms with E-state index in [1.54, 1.807) is 0 Å². The smallest absolute Gasteiger partial charge is 0.129 e. The Labute approximate surface area is 89.9 Å². The summed E-state index contributed by atoms with van der Waals surface area (Å²) in [5.41, 5.74) is 1.23. The molecule has 1 heterocycles. The van der Waals surface area contributed by atoms with Crippen LogP contribution in [0.15, 0.2) is 18.3 Å². The third-order valence-electron chi connectivity index (χ3n) is 2.51. The average molecular weight is 211 g/mol. The molecular weight excluding hydrogens is 196 g/mol. The van der Waals surface area contributed by atoms with Crippen molar-refractivity contribution in [1.82, 2.24) is 9.88 Å². The van der Waals surface area contributed by atoms with Gasteiger partial charge in [-0.2, -0.15) is 0 Å². The van der Waals surface area contributed by atoms with Gasteiger partial charge in [-0.25, -0.2) is 4.98 Å². The Morgan fingerprint density at radius 2 is 2.29 bits per heavy atom. The van der Waals surface area contributed by atoms with Gasteiger partial charge in [0.05, 0.1) is 0 Å². The standard InChI is InChI=1S/C11H15ClN2/c1-14(7-9-2-3-9)8-10-4-5-11(12)13-6-10/h4-6,9H,2-3,7-8H2,1H3. The zero-order chi connectivity index (χ0) is 9.97. The third-order valence-corrected chi connectivity index (χ3v) is 2.73. The minimum Gasteiger partial charge on any atom is -0.302 e. The van der Waals surface area contributed by atoms with E-state index in [1.165, 1.54) is 24.9 Å². The van der Waals surface area contributed by atoms with Gasteiger partial charge in [0.1, 0.15) is 5.15 Å². The molecule has 2 rings (SSSR count). The Balaban J connectivity index is 1.85. The predicted molar refractivity (Wildman–Crippen MR) is 58.3 cm³/mol. The van der Waals surface area contributed by atoms with Crippen LogP contribution in [0.25, 0.3) is 0 Å². The van der Waals surface area contributed by atoms with Crippen molar-refractivity contribution in [2.75, 3.05) is 13.6 Å². The number of aromatic nitrogens is 1. The maximum Gasteiger partial charge on any atom is 0.129 e. The normalized spacial score (nSPS) is 16.2. The van der Waals surface area contributed by atoms with Crippen molar-refractivity contribution < 1.29 is 0 Å². The summed E-state index contributed by atoms with van der Waals surface area (Å²) in [7, 11) is 2.16. The lowest BCUT2D eigenvalue weighted by Crippen LogP contribution is -2.20. The first-order valence-corrected chi connectivity index (χ1v) is 5.41. The molecule has 0 saturated heterocycles. The predicted octanol–water partition coefficient (Wildman–Crippen LogP) is 2.58. The molecule has 1 aliphatic rings. The van der Waals surface area contributed by atoms with Crippen LogP contribution in [0.3, 0.4) is 0 Å². The molecule has 0 aliphatic heterocycles. The van der Waals surface area contributed by atoms with Crippen molar-refractivity contribution in [1.29, 1.82) is 0 Å². The molecule has 14 heavy (non-hydrogen) atoms. The van der Waals surface area contributed by atoms with Crippen LogP contribution in [0.1, 0.15) is 18.4 Å². The number of halogens is 1. The number of rotatable bonds is 4. The molecule has 1 saturated carbocycles. The van der Waals surface area contributed by atoms with Gasteiger partial charge in [-0.05, 0) is 37.4 Å². The van der Waals surface area contributed by atoms with Crippen molar-refractivity contribution >= 4 is 11.6 Å². The van der Waals surface area contributed by atoms with Gasteiger partial charge >= 0.3 is 0 Å². The molecule has 2 nitrogen and oxygen atoms in total. The van der Waals surface area contributed by atoms with Gasteiger partial charge in [0.2, 0.25) is 0 Å². The fourth-order valence-corrected chi connectivity index (χ4v) is 1.73. The molecule has 0 radical (unpaired) electrons. The van der Waals surface area contributed by atoms with Crippen LogP contribution < -0.4 is 0 Å². The molecule has 1 aromatic rings. The van der Waals surface area contributed by atoms with E-state index in [2.05, 4.69) is 16.9 Å². The second kappa shape index (κ2) is 4.28. The van der Waals surface area contributed by atoms with E-state index in [1.807, 2.05) is 18.3 Å². The quantitative estimate of drug-likeness (QED) is 0.711. The van der Waals surface area contributed by atoms with Gasteiger partial charge in [0.15, 0.2) is 0 Å². The Morgan fingerprint density at radius 1 is 1.50 bits per heavy atom. The Bertz CT molecular complexity index is 293. The molecule has 3 heteroatoms. The fourth-order valence-electron chi connectivity index (χ4n) is 1.62. The minimum absolute atomic E-state index is 0.568. The second-order valence-electron chi connectivity index (χ2n) is 4.13. The topological polar surface area (TPSA) is 16.1 Å². The molecule has 0 spiro atoms. The maximum atomic E-state index is 5.72. The molecule has 0 aromatic carbocycles. The van der Waals surface area contributed by atoms with Crippen LogP contribution in [0.2, 0.25) is 5.15 Å². The van der Waals surface area contributed by atoms with E-state index < -0.39 is 0 Å². The van der Waals surface area contributed by atoms with Crippen molar-refractivity contribution in [3.8, 4) is 0 Å². The zero-order valence-corrected chi connectivity index (χ0v) is 9.17. The van der Waals surface area contributed by atoms with E-state index in [9.17, 15) is 0 Å². The van der Waals surface area contributed by atoms with Crippen LogP contribution in [0.5, 0.6) is 0 Å². The van der Waals surface area contributed by atoms with E-state index in [4.69, 9.17) is 11.6 Å². The Morgan fingerprint density at radius 3 is 2.86 bits per heavy atom. The monoisotopic (exact) mass is 210 g/mol. The summed E-state index contributed by atoms with van der Waals surface area (Å²) >= 11 is 5.72. The minimum atomic E-state index is 0.568. The lowest BCUT2D eigenvalue weighted by atomic mass is 10.2. The van der Waals surface area contributed by atoms with Gasteiger partial charge in [-0.1, -0.05) is 17.7 Å². The number of pyridine rings is 1. The molecule has 0 N–H and O–H groups in total. The van der Waals surface area contributed by atoms with E-state index in [0.717, 1.165) is 12.5 Å². The number of hydrogen-bond donors (Lipinski definition) is 0. The summed E-state index contributed by atoms with van der Waals surface area (Å²) in [6.45, 7) is 2.18. The summed E-state index contributed by atoms with van der Waals surface area (Å²) in [6, 6.07) is 3.89. The summed E-state index contributed by atoms with van der Waals surface area (Å²) in [4.78, 5) is 6.42. The lowest BCUT2D eigenvalue weighted by molar-refractivity contribution is 0.313. The molecule has 1 fully saturated rings. The average Bonchev–Trinajstić information content (AvgIpc) is 2.93. The highest BCUT2D eigenvalue weighted by Crippen LogP contribution is 2.29. The highest BCUT2D eigenvalue weighted by molar-refractivity contribution is 6.29. The van der Waals surface area contributed by atoms with Crippen LogP contribution in [-0.4, -0.2) is 23.5 Å². The zero-order valence-electron chi connectivity index (χ0n) is 8.41. The van der Waals surface area contributed by atoms with Crippen LogP contribution in [-0.2, 0) is 6.54 Å². The first-order valence-electron chi connectivity index (χ1n) is 5.03. The summed E-state index contributed by atoms with van der Waals surface area (Å²) in [5.74, 6) is 0.945. The highest BCUT2D eigenvalue weighted by Gasteiger charge is 2.22. The number of hydrogen-bond acceptors (Lipinski definition) is 2. The van der Waals surface area contributed by atoms with Gasteiger partial charge < -0.3 is 4.90 Å². The van der Waals surface area contributed by atoms with Crippen LogP contribution in [0, 0.1) is 5.92 Å². The Hall–Kier alpha value is -0.600. The summed E-state index contributed by atoms with van der Waals surface area (Å²) in [6.07, 6.45) is 4.66. The molecule has 1 aromatic heterocycles. The molecule has 0 bridgehead atoms. The van der Waals surface area contributed by atoms with E-state index in [0.29, 0.717) is 5.15 Å². The van der Waals surface area contributed by atoms with Crippen molar-refractivity contribution in [3.05, 3.63) is 29.0 Å². The van der Waals surface area contributed by atoms with Gasteiger partial charge in [-0.3, -0.25) is 0 Å². The molecule has 1 aliphatic carbocycles. The highest BCUT2D eigenvalue weighted by atomic mass is 35.5. The second-order valence-corrected chi connectivity index (χ2v) is 4.52.